The third-order valence-corrected chi connectivity index (χ3v) is 4.57. The van der Waals surface area contributed by atoms with Crippen LogP contribution in [0.4, 0.5) is 0 Å². The Morgan fingerprint density at radius 1 is 1.27 bits per heavy atom. The van der Waals surface area contributed by atoms with Crippen molar-refractivity contribution in [3.63, 3.8) is 0 Å². The predicted octanol–water partition coefficient (Wildman–Crippen LogP) is 3.57. The third kappa shape index (κ3) is 4.62. The molecule has 1 heterocycles. The molecule has 4 nitrogen and oxygen atoms in total. The fraction of sp³-hybridized carbons (Fsp3) is 0.500. The Morgan fingerprint density at radius 2 is 2.05 bits per heavy atom. The van der Waals surface area contributed by atoms with E-state index in [-0.39, 0.29) is 24.4 Å². The Labute approximate surface area is 140 Å². The zero-order chi connectivity index (χ0) is 16.1. The molecule has 6 heteroatoms. The smallest absolute Gasteiger partial charge is 0.240 e. The maximum Gasteiger partial charge on any atom is 0.240 e. The Morgan fingerprint density at radius 3 is 2.77 bits per heavy atom. The molecule has 1 aliphatic heterocycles. The van der Waals surface area contributed by atoms with Crippen molar-refractivity contribution in [2.45, 2.75) is 38.6 Å². The summed E-state index contributed by atoms with van der Waals surface area (Å²) >= 11 is 11.9. The molecular formula is C16H20Cl2N2O2. The first kappa shape index (κ1) is 17.1. The predicted molar refractivity (Wildman–Crippen MR) is 88.1 cm³/mol. The van der Waals surface area contributed by atoms with Gasteiger partial charge in [-0.25, -0.2) is 0 Å². The molecule has 0 radical (unpaired) electrons. The lowest BCUT2D eigenvalue weighted by molar-refractivity contribution is -0.135. The summed E-state index contributed by atoms with van der Waals surface area (Å²) in [5.41, 5.74) is 0.880. The highest BCUT2D eigenvalue weighted by Crippen LogP contribution is 2.25. The largest absolute Gasteiger partial charge is 0.348 e. The Hall–Kier alpha value is -1.26. The van der Waals surface area contributed by atoms with E-state index in [2.05, 4.69) is 5.32 Å². The van der Waals surface area contributed by atoms with Crippen LogP contribution in [0.2, 0.25) is 10.0 Å². The number of benzene rings is 1. The molecule has 0 bridgehead atoms. The molecule has 0 spiro atoms. The molecule has 0 aliphatic carbocycles. The van der Waals surface area contributed by atoms with Gasteiger partial charge in [0.05, 0.1) is 22.6 Å². The quantitative estimate of drug-likeness (QED) is 0.909. The van der Waals surface area contributed by atoms with E-state index < -0.39 is 0 Å². The molecule has 120 valence electrons. The van der Waals surface area contributed by atoms with Gasteiger partial charge in [-0.1, -0.05) is 35.7 Å². The van der Waals surface area contributed by atoms with Crippen molar-refractivity contribution in [3.05, 3.63) is 33.8 Å². The molecule has 1 aromatic carbocycles. The summed E-state index contributed by atoms with van der Waals surface area (Å²) in [5, 5.41) is 3.84. The summed E-state index contributed by atoms with van der Waals surface area (Å²) in [6, 6.07) is 5.09. The van der Waals surface area contributed by atoms with E-state index in [1.165, 1.54) is 0 Å². The van der Waals surface area contributed by atoms with Gasteiger partial charge in [-0.05, 0) is 37.5 Å². The first-order valence-corrected chi connectivity index (χ1v) is 8.25. The second kappa shape index (κ2) is 7.84. The van der Waals surface area contributed by atoms with Crippen LogP contribution in [0.15, 0.2) is 18.2 Å². The zero-order valence-electron chi connectivity index (χ0n) is 12.6. The molecular weight excluding hydrogens is 323 g/mol. The van der Waals surface area contributed by atoms with E-state index in [1.807, 2.05) is 13.0 Å². The highest BCUT2D eigenvalue weighted by Gasteiger charge is 2.20. The average molecular weight is 343 g/mol. The number of nitrogens with zero attached hydrogens (tertiary/aromatic N) is 1. The Balaban J connectivity index is 1.92. The molecule has 1 aromatic rings. The fourth-order valence-electron chi connectivity index (χ4n) is 2.53. The molecule has 0 saturated carbocycles. The number of nitrogens with one attached hydrogen (secondary N) is 1. The third-order valence-electron chi connectivity index (χ3n) is 3.83. The molecule has 2 rings (SSSR count). The van der Waals surface area contributed by atoms with Gasteiger partial charge >= 0.3 is 0 Å². The minimum absolute atomic E-state index is 0.0647. The number of carbonyl (C=O) groups excluding carboxylic acids is 2. The summed E-state index contributed by atoms with van der Waals surface area (Å²) in [6.07, 6.45) is 3.46. The summed E-state index contributed by atoms with van der Waals surface area (Å²) in [5.74, 6) is -0.0938. The highest BCUT2D eigenvalue weighted by molar-refractivity contribution is 6.42. The van der Waals surface area contributed by atoms with Crippen molar-refractivity contribution in [3.8, 4) is 0 Å². The first-order valence-electron chi connectivity index (χ1n) is 7.49. The van der Waals surface area contributed by atoms with Gasteiger partial charge in [0.15, 0.2) is 0 Å². The maximum atomic E-state index is 12.1. The number of hydrogen-bond donors (Lipinski definition) is 1. The molecule has 0 aromatic heterocycles. The molecule has 1 aliphatic rings. The normalized spacial score (nSPS) is 17.0. The van der Waals surface area contributed by atoms with Crippen molar-refractivity contribution in [1.29, 1.82) is 0 Å². The molecule has 1 N–H and O–H groups in total. The van der Waals surface area contributed by atoms with Crippen LogP contribution in [0.3, 0.4) is 0 Å². The van der Waals surface area contributed by atoms with Crippen LogP contribution in [0.5, 0.6) is 0 Å². The first-order chi connectivity index (χ1) is 10.5. The highest BCUT2D eigenvalue weighted by atomic mass is 35.5. The summed E-state index contributed by atoms with van der Waals surface area (Å²) in [6.45, 7) is 2.65. The molecule has 22 heavy (non-hydrogen) atoms. The summed E-state index contributed by atoms with van der Waals surface area (Å²) < 4.78 is 0. The lowest BCUT2D eigenvalue weighted by atomic mass is 10.1. The van der Waals surface area contributed by atoms with Crippen molar-refractivity contribution < 1.29 is 9.59 Å². The van der Waals surface area contributed by atoms with E-state index in [1.54, 1.807) is 17.0 Å². The maximum absolute atomic E-state index is 12.1. The van der Waals surface area contributed by atoms with Gasteiger partial charge in [0.25, 0.3) is 0 Å². The van der Waals surface area contributed by atoms with Crippen LogP contribution < -0.4 is 5.32 Å². The van der Waals surface area contributed by atoms with Crippen molar-refractivity contribution in [1.82, 2.24) is 10.2 Å². The van der Waals surface area contributed by atoms with Gasteiger partial charge in [-0.2, -0.15) is 0 Å². The van der Waals surface area contributed by atoms with Gasteiger partial charge in [0.2, 0.25) is 11.8 Å². The number of likely N-dealkylation sites (tertiary alicyclic amines) is 1. The SMILES string of the molecule is CC(NC(=O)CN1CCCCCC1=O)c1ccc(Cl)c(Cl)c1. The molecule has 1 fully saturated rings. The van der Waals surface area contributed by atoms with Crippen LogP contribution >= 0.6 is 23.2 Å². The van der Waals surface area contributed by atoms with E-state index in [0.717, 1.165) is 24.8 Å². The molecule has 2 amide bonds. The lowest BCUT2D eigenvalue weighted by Crippen LogP contribution is -2.41. The monoisotopic (exact) mass is 342 g/mol. The second-order valence-electron chi connectivity index (χ2n) is 5.59. The van der Waals surface area contributed by atoms with Crippen LogP contribution in [0, 0.1) is 0 Å². The summed E-state index contributed by atoms with van der Waals surface area (Å²) in [4.78, 5) is 25.7. The van der Waals surface area contributed by atoms with Gasteiger partial charge in [0, 0.05) is 13.0 Å². The van der Waals surface area contributed by atoms with E-state index >= 15 is 0 Å². The standard InChI is InChI=1S/C16H20Cl2N2O2/c1-11(12-6-7-13(17)14(18)9-12)19-15(21)10-20-8-4-2-3-5-16(20)22/h6-7,9,11H,2-5,8,10H2,1H3,(H,19,21). The van der Waals surface area contributed by atoms with Crippen molar-refractivity contribution in [2.24, 2.45) is 0 Å². The van der Waals surface area contributed by atoms with Crippen molar-refractivity contribution in [2.75, 3.05) is 13.1 Å². The Bertz CT molecular complexity index is 563. The average Bonchev–Trinajstić information content (AvgIpc) is 2.67. The number of amides is 2. The zero-order valence-corrected chi connectivity index (χ0v) is 14.1. The second-order valence-corrected chi connectivity index (χ2v) is 6.40. The van der Waals surface area contributed by atoms with E-state index in [4.69, 9.17) is 23.2 Å². The number of carbonyl (C=O) groups is 2. The van der Waals surface area contributed by atoms with E-state index in [0.29, 0.717) is 23.0 Å². The minimum Gasteiger partial charge on any atom is -0.348 e. The van der Waals surface area contributed by atoms with Crippen LogP contribution in [-0.4, -0.2) is 29.8 Å². The van der Waals surface area contributed by atoms with Crippen LogP contribution in [0.1, 0.15) is 44.2 Å². The van der Waals surface area contributed by atoms with Crippen LogP contribution in [0.25, 0.3) is 0 Å². The van der Waals surface area contributed by atoms with Gasteiger partial charge < -0.3 is 10.2 Å². The van der Waals surface area contributed by atoms with E-state index in [9.17, 15) is 9.59 Å². The topological polar surface area (TPSA) is 49.4 Å². The number of rotatable bonds is 4. The Kier molecular flexibility index (Phi) is 6.09. The number of halogens is 2. The summed E-state index contributed by atoms with van der Waals surface area (Å²) in [7, 11) is 0. The van der Waals surface area contributed by atoms with Gasteiger partial charge in [-0.3, -0.25) is 9.59 Å². The molecule has 1 unspecified atom stereocenters. The van der Waals surface area contributed by atoms with Gasteiger partial charge in [-0.15, -0.1) is 0 Å². The molecule has 1 atom stereocenters. The molecule has 1 saturated heterocycles. The van der Waals surface area contributed by atoms with Crippen LogP contribution in [-0.2, 0) is 9.59 Å². The lowest BCUT2D eigenvalue weighted by Gasteiger charge is -2.22. The minimum atomic E-state index is -0.190. The number of hydrogen-bond acceptors (Lipinski definition) is 2. The van der Waals surface area contributed by atoms with Gasteiger partial charge in [0.1, 0.15) is 0 Å². The fourth-order valence-corrected chi connectivity index (χ4v) is 2.84. The van der Waals surface area contributed by atoms with Crippen molar-refractivity contribution >= 4 is 35.0 Å².